The number of nitrogens with one attached hydrogen (secondary N) is 3. The van der Waals surface area contributed by atoms with Gasteiger partial charge in [-0.3, -0.25) is 65.9 Å². The standard InChI is InChI=1S/C76H114N15O42P5S4/c1-13-42-43(24-49(123-42)86-28-39(5)63(93)83-74(86)99)129-135(104,139)120-33-46-51(56(114-20-15-109-9)67(126-46)90-29-40(6)64(94)84-75(90)100)130-134(102,103)118-32-45-52(57(115-21-16-110-10)68(125-45)88-26-37(3)61(78)81-72(88)97)131-137(106,141)121-34-47-53(58(116-22-17-111-11)69(127-47)89-27-38(4)62(79)82-73(89)98)133-138(107,142)122-35-48-54(59(117-23-18-112-12)70(128-48)91-30-41(7)65(95)85-76(91)101)132-136(105,140)119-31-44-50(92)55(113-19-14-108-8)66(124-44)87-25-36(2)60(77)80-71(87)96/h25-30,42-59,66-70,92H,13-24,31-35H2,1-12H3,(H,102,103)(H,104,139)(H,105,140)(H,106,141)(H,107,142)(H2,77,80,96)(H2,78,81,97)(H2,79,82,98)(H,83,93,99)(H,84,94,100)(H,85,95,101)/p-5/t42-,43?,44-,45-,46-,47-,48-,49-,50?,51?,52?,53?,54?,55+,56+,57+,58+,59+,66-,67-,68-,69-,70-,135?,136?,137?,138?/m1/s1. The summed E-state index contributed by atoms with van der Waals surface area (Å²) in [6.07, 6.45) is -31.7. The Labute approximate surface area is 826 Å². The first kappa shape index (κ1) is 114. The number of phosphoric ester groups is 1. The molecule has 6 aliphatic rings. The number of aryl methyl sites for hydroxylation is 6. The second-order valence-electron chi connectivity index (χ2n) is 32.8. The molecule has 0 bridgehead atoms. The highest BCUT2D eigenvalue weighted by atomic mass is 32.7. The molecule has 0 spiro atoms. The van der Waals surface area contributed by atoms with Crippen molar-refractivity contribution in [1.82, 2.24) is 57.3 Å². The van der Waals surface area contributed by atoms with Gasteiger partial charge in [-0.1, -0.05) is 42.3 Å². The van der Waals surface area contributed by atoms with E-state index in [4.69, 9.17) is 186 Å². The van der Waals surface area contributed by atoms with Gasteiger partial charge in [0.25, 0.3) is 24.5 Å². The van der Waals surface area contributed by atoms with Crippen molar-refractivity contribution in [2.24, 2.45) is 0 Å². The number of aromatic nitrogens is 12. The Hall–Kier alpha value is -6.40. The van der Waals surface area contributed by atoms with Crippen LogP contribution in [0.15, 0.2) is 80.3 Å². The third-order valence-corrected chi connectivity index (χ3v) is 30.1. The van der Waals surface area contributed by atoms with Crippen LogP contribution in [-0.4, -0.2) is 301 Å². The first-order chi connectivity index (χ1) is 67.1. The Balaban J connectivity index is 0.844. The number of aromatic amines is 3. The van der Waals surface area contributed by atoms with Crippen LogP contribution in [0.2, 0.25) is 0 Å². The quantitative estimate of drug-likeness (QED) is 0.0108. The summed E-state index contributed by atoms with van der Waals surface area (Å²) >= 11 is 22.3. The number of aliphatic hydroxyl groups excluding tert-OH is 1. The minimum atomic E-state index is -6.11. The number of nitrogens with two attached hydrogens (primary N) is 3. The highest BCUT2D eigenvalue weighted by molar-refractivity contribution is 8.32. The Kier molecular flexibility index (Phi) is 40.1. The second-order valence-corrected chi connectivity index (χ2v) is 45.0. The summed E-state index contributed by atoms with van der Waals surface area (Å²) < 4.78 is 191. The van der Waals surface area contributed by atoms with E-state index in [-0.39, 0.29) is 104 Å². The van der Waals surface area contributed by atoms with Gasteiger partial charge in [-0.25, -0.2) is 28.8 Å². The minimum Gasteiger partial charge on any atom is -0.780 e. The summed E-state index contributed by atoms with van der Waals surface area (Å²) in [6, 6.07) is 0. The minimum absolute atomic E-state index is 0.0150. The molecule has 6 aromatic rings. The van der Waals surface area contributed by atoms with Gasteiger partial charge in [-0.2, -0.15) is 15.0 Å². The van der Waals surface area contributed by atoms with Gasteiger partial charge in [0.15, 0.2) is 37.9 Å². The third kappa shape index (κ3) is 28.4. The molecule has 57 nitrogen and oxygen atoms in total. The van der Waals surface area contributed by atoms with Gasteiger partial charge in [0.1, 0.15) is 135 Å². The first-order valence-corrected chi connectivity index (χ1v) is 55.2. The molecular formula is C76H109N15O42P5S4-5. The lowest BCUT2D eigenvalue weighted by molar-refractivity contribution is -0.238. The second kappa shape index (κ2) is 49.8. The molecule has 0 amide bonds. The van der Waals surface area contributed by atoms with E-state index in [0.717, 1.165) is 39.8 Å². The van der Waals surface area contributed by atoms with E-state index < -0.39 is 280 Å². The molecule has 10 N–H and O–H groups in total. The molecule has 0 radical (unpaired) electrons. The number of methoxy groups -OCH3 is 5. The van der Waals surface area contributed by atoms with Crippen LogP contribution in [0, 0.1) is 41.5 Å². The van der Waals surface area contributed by atoms with Crippen molar-refractivity contribution in [1.29, 1.82) is 0 Å². The van der Waals surface area contributed by atoms with Crippen molar-refractivity contribution in [3.63, 3.8) is 0 Å². The Morgan fingerprint density at radius 3 is 1.04 bits per heavy atom. The van der Waals surface area contributed by atoms with Crippen LogP contribution in [0.25, 0.3) is 0 Å². The SMILES string of the molecule is CC[C@H]1O[C@@H](n2cc(C)c(=O)[nH]c2=O)CC1OP([O-])(=S)OC[C@H]1O[C@@H](n2cc(C)c(=O)[nH]c2=O)[C@@H](OCCOC)C1OP(=O)([O-])OC[C@H]1O[C@@H](n2cc(C)c(N)nc2=O)[C@@H](OCCOC)C1OP(=O)([S-])OC[C@H]1O[C@@H](n2cc(C)c(N)nc2=O)[C@@H](OCCOC)C1OP([O-])(=S)OC[C@H]1O[C@@H](n2cc(C)c(=O)[nH]c2=O)[C@@H](OCCOC)C1OP([O-])(=S)OC[C@H]1O[C@@H](n2cc(C)c(N)nc2=O)[C@@H](OCCOC)C1O. The number of nitrogen functional groups attached to an aromatic ring is 3. The van der Waals surface area contributed by atoms with Gasteiger partial charge in [-0.05, 0) is 48.0 Å². The summed E-state index contributed by atoms with van der Waals surface area (Å²) in [5.41, 5.74) is 10.4. The molecule has 6 aromatic heterocycles. The lowest BCUT2D eigenvalue weighted by Crippen LogP contribution is -2.42. The molecule has 11 unspecified atom stereocenters. The van der Waals surface area contributed by atoms with E-state index in [9.17, 15) is 58.0 Å². The average molecular weight is 2190 g/mol. The number of rotatable bonds is 52. The molecule has 28 atom stereocenters. The molecule has 12 heterocycles. The molecule has 12 rings (SSSR count). The fraction of sp³-hybridized carbons (Fsp3) is 0.684. The van der Waals surface area contributed by atoms with Gasteiger partial charge in [-0.15, -0.1) is 0 Å². The van der Waals surface area contributed by atoms with Crippen LogP contribution in [0.5, 0.6) is 0 Å². The number of anilines is 3. The third-order valence-electron chi connectivity index (χ3n) is 22.9. The number of hydrogen-bond donors (Lipinski definition) is 7. The van der Waals surface area contributed by atoms with Crippen LogP contribution < -0.4 is 87.6 Å². The zero-order valence-electron chi connectivity index (χ0n) is 78.1. The average Bonchev–Trinajstić information content (AvgIpc) is 1.62. The number of aliphatic hydroxyl groups is 1. The maximum Gasteiger partial charge on any atom is 0.351 e. The van der Waals surface area contributed by atoms with E-state index in [0.29, 0.717) is 5.56 Å². The van der Waals surface area contributed by atoms with E-state index >= 15 is 18.9 Å². The summed E-state index contributed by atoms with van der Waals surface area (Å²) in [5, 5.41) is 11.8. The molecule has 6 fully saturated rings. The topological polar surface area (TPSA) is 734 Å². The lowest BCUT2D eigenvalue weighted by atomic mass is 10.1. The van der Waals surface area contributed by atoms with Crippen molar-refractivity contribution < 1.29 is 155 Å². The van der Waals surface area contributed by atoms with Crippen molar-refractivity contribution in [2.75, 3.05) is 152 Å². The van der Waals surface area contributed by atoms with Gasteiger partial charge >= 0.3 is 34.1 Å². The smallest absolute Gasteiger partial charge is 0.351 e. The number of nitrogens with zero attached hydrogens (tertiary/aromatic N) is 9. The summed E-state index contributed by atoms with van der Waals surface area (Å²) in [7, 11) is 0.477. The van der Waals surface area contributed by atoms with Crippen molar-refractivity contribution in [3.8, 4) is 0 Å². The summed E-state index contributed by atoms with van der Waals surface area (Å²) in [6.45, 7) is -18.3. The largest absolute Gasteiger partial charge is 0.780 e. The highest BCUT2D eigenvalue weighted by Crippen LogP contribution is 2.56. The van der Waals surface area contributed by atoms with Crippen molar-refractivity contribution in [3.05, 3.63) is 165 Å². The number of H-pyrrole nitrogens is 3. The Morgan fingerprint density at radius 1 is 0.387 bits per heavy atom. The van der Waals surface area contributed by atoms with Crippen LogP contribution in [-0.2, 0) is 178 Å². The Morgan fingerprint density at radius 2 is 0.676 bits per heavy atom. The normalized spacial score (nSPS) is 29.4. The molecule has 0 aliphatic carbocycles. The monoisotopic (exact) mass is 2190 g/mol. The predicted molar refractivity (Wildman–Crippen MR) is 493 cm³/mol. The predicted octanol–water partition coefficient (Wildman–Crippen LogP) is -4.40. The van der Waals surface area contributed by atoms with E-state index in [1.807, 2.05) is 0 Å². The zero-order valence-corrected chi connectivity index (χ0v) is 85.8. The molecular weight excluding hydrogens is 2080 g/mol. The van der Waals surface area contributed by atoms with Gasteiger partial charge in [0.05, 0.1) is 111 Å². The molecule has 794 valence electrons. The molecule has 6 saturated heterocycles. The molecule has 6 aliphatic heterocycles. The van der Waals surface area contributed by atoms with Crippen molar-refractivity contribution >= 4 is 99.9 Å². The van der Waals surface area contributed by atoms with Crippen molar-refractivity contribution in [2.45, 2.75) is 202 Å². The number of ether oxygens (including phenoxy) is 16. The number of phosphoric acid groups is 1. The summed E-state index contributed by atoms with van der Waals surface area (Å²) in [5.74, 6) is -0.595. The first-order valence-electron chi connectivity index (χ1n) is 43.5. The molecule has 142 heavy (non-hydrogen) atoms. The van der Waals surface area contributed by atoms with Crippen LogP contribution >= 0.6 is 34.8 Å². The highest BCUT2D eigenvalue weighted by Gasteiger charge is 2.56. The van der Waals surface area contributed by atoms with Gasteiger partial charge in [0.2, 0.25) is 0 Å². The maximum atomic E-state index is 15.6. The van der Waals surface area contributed by atoms with Gasteiger partial charge in [0, 0.05) is 113 Å². The van der Waals surface area contributed by atoms with Gasteiger partial charge < -0.3 is 175 Å². The molecule has 0 saturated carbocycles. The Bertz CT molecular complexity index is 6220. The molecule has 0 aromatic carbocycles. The maximum absolute atomic E-state index is 15.6. The van der Waals surface area contributed by atoms with Crippen LogP contribution in [0.3, 0.4) is 0 Å². The van der Waals surface area contributed by atoms with E-state index in [1.54, 1.807) is 13.8 Å². The molecule has 66 heteroatoms. The zero-order chi connectivity index (χ0) is 104. The summed E-state index contributed by atoms with van der Waals surface area (Å²) in [4.78, 5) is 198. The van der Waals surface area contributed by atoms with E-state index in [1.165, 1.54) is 95.0 Å². The fourth-order valence-electron chi connectivity index (χ4n) is 15.8. The lowest BCUT2D eigenvalue weighted by Gasteiger charge is -2.37. The van der Waals surface area contributed by atoms with Crippen LogP contribution in [0.4, 0.5) is 17.5 Å². The number of hydrogen-bond acceptors (Lipinski definition) is 52. The van der Waals surface area contributed by atoms with Crippen LogP contribution in [0.1, 0.15) is 90.5 Å². The van der Waals surface area contributed by atoms with E-state index in [2.05, 4.69) is 29.9 Å². The fourth-order valence-corrected chi connectivity index (χ4v) is 22.5.